The first-order chi connectivity index (χ1) is 15.8. The lowest BCUT2D eigenvalue weighted by molar-refractivity contribution is 0.0986. The average molecular weight is 486 g/mol. The number of amides is 1. The van der Waals surface area contributed by atoms with Gasteiger partial charge in [-0.3, -0.25) is 9.52 Å². The highest BCUT2D eigenvalue weighted by atomic mass is 35.5. The summed E-state index contributed by atoms with van der Waals surface area (Å²) in [7, 11) is -1.97. The Bertz CT molecular complexity index is 1280. The van der Waals surface area contributed by atoms with Crippen molar-refractivity contribution in [1.82, 2.24) is 0 Å². The Hall–Kier alpha value is -3.23. The number of benzene rings is 3. The number of anilines is 3. The summed E-state index contributed by atoms with van der Waals surface area (Å²) in [5.74, 6) is 0.297. The van der Waals surface area contributed by atoms with E-state index in [0.29, 0.717) is 31.1 Å². The summed E-state index contributed by atoms with van der Waals surface area (Å²) in [6.45, 7) is 3.50. The standard InChI is InChI=1S/C24H24ClN3O4S/c1-3-32-18-10-8-17(9-11-18)26-33(30,31)19-12-13-21(25)20(16-19)24(29)28-15-14-27(2)22-6-4-5-7-23(22)28/h4-13,16,26H,3,14-15H2,1-2H3. The molecule has 0 saturated heterocycles. The number of rotatable bonds is 6. The van der Waals surface area contributed by atoms with Crippen LogP contribution in [0.3, 0.4) is 0 Å². The first kappa shape index (κ1) is 22.9. The van der Waals surface area contributed by atoms with Crippen LogP contribution in [0.5, 0.6) is 5.75 Å². The molecule has 4 rings (SSSR count). The van der Waals surface area contributed by atoms with Gasteiger partial charge in [-0.05, 0) is 61.5 Å². The Labute approximate surface area is 198 Å². The van der Waals surface area contributed by atoms with Gasteiger partial charge in [-0.25, -0.2) is 8.42 Å². The van der Waals surface area contributed by atoms with Crippen LogP contribution in [0.2, 0.25) is 5.02 Å². The van der Waals surface area contributed by atoms with Crippen molar-refractivity contribution in [2.45, 2.75) is 11.8 Å². The van der Waals surface area contributed by atoms with Crippen molar-refractivity contribution >= 4 is 44.6 Å². The van der Waals surface area contributed by atoms with Crippen molar-refractivity contribution < 1.29 is 17.9 Å². The summed E-state index contributed by atoms with van der Waals surface area (Å²) in [4.78, 5) is 17.1. The summed E-state index contributed by atoms with van der Waals surface area (Å²) in [6.07, 6.45) is 0. The molecular formula is C24H24ClN3O4S. The van der Waals surface area contributed by atoms with E-state index in [1.807, 2.05) is 38.2 Å². The van der Waals surface area contributed by atoms with Crippen molar-refractivity contribution in [3.05, 3.63) is 77.3 Å². The highest BCUT2D eigenvalue weighted by Crippen LogP contribution is 2.34. The number of hydrogen-bond acceptors (Lipinski definition) is 5. The lowest BCUT2D eigenvalue weighted by Crippen LogP contribution is -2.42. The highest BCUT2D eigenvalue weighted by molar-refractivity contribution is 7.92. The Balaban J connectivity index is 1.62. The first-order valence-corrected chi connectivity index (χ1v) is 12.3. The van der Waals surface area contributed by atoms with E-state index < -0.39 is 10.0 Å². The van der Waals surface area contributed by atoms with Crippen molar-refractivity contribution in [3.8, 4) is 5.75 Å². The van der Waals surface area contributed by atoms with Crippen molar-refractivity contribution in [2.24, 2.45) is 0 Å². The lowest BCUT2D eigenvalue weighted by Gasteiger charge is -2.35. The van der Waals surface area contributed by atoms with Crippen LogP contribution in [0, 0.1) is 0 Å². The number of halogens is 1. The van der Waals surface area contributed by atoms with Gasteiger partial charge >= 0.3 is 0 Å². The number of nitrogens with one attached hydrogen (secondary N) is 1. The maximum atomic E-state index is 13.4. The molecule has 1 aliphatic rings. The molecule has 0 unspecified atom stereocenters. The van der Waals surface area contributed by atoms with E-state index in [1.54, 1.807) is 29.2 Å². The first-order valence-electron chi connectivity index (χ1n) is 10.5. The van der Waals surface area contributed by atoms with Crippen LogP contribution in [-0.4, -0.2) is 41.1 Å². The zero-order chi connectivity index (χ0) is 23.6. The molecule has 172 valence electrons. The minimum Gasteiger partial charge on any atom is -0.494 e. The molecule has 0 saturated carbocycles. The molecule has 1 N–H and O–H groups in total. The molecule has 33 heavy (non-hydrogen) atoms. The van der Waals surface area contributed by atoms with Gasteiger partial charge in [0.2, 0.25) is 0 Å². The van der Waals surface area contributed by atoms with E-state index in [1.165, 1.54) is 18.2 Å². The van der Waals surface area contributed by atoms with Crippen LogP contribution >= 0.6 is 11.6 Å². The van der Waals surface area contributed by atoms with Crippen LogP contribution in [-0.2, 0) is 10.0 Å². The van der Waals surface area contributed by atoms with E-state index in [0.717, 1.165) is 11.4 Å². The van der Waals surface area contributed by atoms with E-state index in [9.17, 15) is 13.2 Å². The molecule has 0 fully saturated rings. The Morgan fingerprint density at radius 2 is 1.73 bits per heavy atom. The molecule has 0 spiro atoms. The minimum absolute atomic E-state index is 0.0495. The third-order valence-corrected chi connectivity index (χ3v) is 7.09. The SMILES string of the molecule is CCOc1ccc(NS(=O)(=O)c2ccc(Cl)c(C(=O)N3CCN(C)c4ccccc43)c2)cc1. The van der Waals surface area contributed by atoms with Gasteiger partial charge in [-0.15, -0.1) is 0 Å². The fourth-order valence-corrected chi connectivity index (χ4v) is 4.98. The third kappa shape index (κ3) is 4.77. The molecule has 1 aliphatic heterocycles. The van der Waals surface area contributed by atoms with E-state index in [2.05, 4.69) is 9.62 Å². The number of fused-ring (bicyclic) bond motifs is 1. The van der Waals surface area contributed by atoms with Gasteiger partial charge in [0.15, 0.2) is 0 Å². The molecule has 3 aromatic carbocycles. The molecule has 0 atom stereocenters. The van der Waals surface area contributed by atoms with E-state index in [-0.39, 0.29) is 21.4 Å². The molecule has 3 aromatic rings. The molecule has 0 aromatic heterocycles. The topological polar surface area (TPSA) is 78.9 Å². The second-order valence-electron chi connectivity index (χ2n) is 7.57. The molecule has 1 amide bonds. The van der Waals surface area contributed by atoms with Crippen molar-refractivity contribution in [1.29, 1.82) is 0 Å². The molecule has 0 radical (unpaired) electrons. The fourth-order valence-electron chi connectivity index (χ4n) is 3.70. The molecule has 1 heterocycles. The van der Waals surface area contributed by atoms with Crippen molar-refractivity contribution in [2.75, 3.05) is 41.3 Å². The number of ether oxygens (including phenoxy) is 1. The molecule has 9 heteroatoms. The maximum Gasteiger partial charge on any atom is 0.261 e. The Kier molecular flexibility index (Phi) is 6.49. The number of carbonyl (C=O) groups is 1. The van der Waals surface area contributed by atoms with Gasteiger partial charge in [0.1, 0.15) is 5.75 Å². The van der Waals surface area contributed by atoms with Crippen LogP contribution in [0.4, 0.5) is 17.1 Å². The summed E-state index contributed by atoms with van der Waals surface area (Å²) in [5, 5.41) is 0.191. The predicted molar refractivity (Wildman–Crippen MR) is 131 cm³/mol. The molecule has 0 bridgehead atoms. The van der Waals surface area contributed by atoms with E-state index >= 15 is 0 Å². The van der Waals surface area contributed by atoms with Gasteiger partial charge < -0.3 is 14.5 Å². The number of carbonyl (C=O) groups excluding carboxylic acids is 1. The predicted octanol–water partition coefficient (Wildman–Crippen LogP) is 4.64. The number of nitrogens with zero attached hydrogens (tertiary/aromatic N) is 2. The van der Waals surface area contributed by atoms with Crippen LogP contribution in [0.25, 0.3) is 0 Å². The monoisotopic (exact) mass is 485 g/mol. The van der Waals surface area contributed by atoms with Crippen LogP contribution < -0.4 is 19.3 Å². The molecule has 7 nitrogen and oxygen atoms in total. The van der Waals surface area contributed by atoms with E-state index in [4.69, 9.17) is 16.3 Å². The minimum atomic E-state index is -3.94. The largest absolute Gasteiger partial charge is 0.494 e. The normalized spacial score (nSPS) is 13.4. The fraction of sp³-hybridized carbons (Fsp3) is 0.208. The summed E-state index contributed by atoms with van der Waals surface area (Å²) in [6, 6.07) is 18.3. The zero-order valence-corrected chi connectivity index (χ0v) is 19.9. The second-order valence-corrected chi connectivity index (χ2v) is 9.66. The highest BCUT2D eigenvalue weighted by Gasteiger charge is 2.28. The number of para-hydroxylation sites is 2. The molecular weight excluding hydrogens is 462 g/mol. The van der Waals surface area contributed by atoms with Gasteiger partial charge in [0.05, 0.1) is 33.5 Å². The zero-order valence-electron chi connectivity index (χ0n) is 18.3. The maximum absolute atomic E-state index is 13.4. The number of hydrogen-bond donors (Lipinski definition) is 1. The molecule has 0 aliphatic carbocycles. The smallest absolute Gasteiger partial charge is 0.261 e. The number of likely N-dealkylation sites (N-methyl/N-ethyl adjacent to an activating group) is 1. The van der Waals surface area contributed by atoms with Gasteiger partial charge in [0, 0.05) is 25.8 Å². The summed E-state index contributed by atoms with van der Waals surface area (Å²) >= 11 is 6.34. The summed E-state index contributed by atoms with van der Waals surface area (Å²) < 4.78 is 33.9. The second kappa shape index (κ2) is 9.33. The summed E-state index contributed by atoms with van der Waals surface area (Å²) in [5.41, 5.74) is 2.20. The average Bonchev–Trinajstić information content (AvgIpc) is 2.80. The van der Waals surface area contributed by atoms with Gasteiger partial charge in [-0.2, -0.15) is 0 Å². The Morgan fingerprint density at radius 3 is 2.42 bits per heavy atom. The third-order valence-electron chi connectivity index (χ3n) is 5.38. The van der Waals surface area contributed by atoms with Crippen molar-refractivity contribution in [3.63, 3.8) is 0 Å². The van der Waals surface area contributed by atoms with Gasteiger partial charge in [0.25, 0.3) is 15.9 Å². The van der Waals surface area contributed by atoms with Gasteiger partial charge in [-0.1, -0.05) is 23.7 Å². The lowest BCUT2D eigenvalue weighted by atomic mass is 10.1. The van der Waals surface area contributed by atoms with Crippen LogP contribution in [0.15, 0.2) is 71.6 Å². The Morgan fingerprint density at radius 1 is 1.03 bits per heavy atom. The number of sulfonamides is 1. The van der Waals surface area contributed by atoms with Crippen LogP contribution in [0.1, 0.15) is 17.3 Å². The quantitative estimate of drug-likeness (QED) is 0.550.